The van der Waals surface area contributed by atoms with Gasteiger partial charge in [0.25, 0.3) is 0 Å². The summed E-state index contributed by atoms with van der Waals surface area (Å²) < 4.78 is 53.9. The van der Waals surface area contributed by atoms with Crippen LogP contribution in [0.5, 0.6) is 0 Å². The molecule has 0 bridgehead atoms. The van der Waals surface area contributed by atoms with Gasteiger partial charge in [-0.05, 0) is 0 Å². The van der Waals surface area contributed by atoms with Gasteiger partial charge in [-0.3, -0.25) is 0 Å². The molecule has 0 aromatic heterocycles. The Morgan fingerprint density at radius 3 is 1.55 bits per heavy atom. The highest BCUT2D eigenvalue weighted by Gasteiger charge is 2.34. The van der Waals surface area contributed by atoms with Gasteiger partial charge >= 0.3 is 6.18 Å². The first kappa shape index (κ1) is 12.6. The fourth-order valence-corrected chi connectivity index (χ4v) is 0.0619. The maximum atomic E-state index is 11.0. The molecule has 0 nitrogen and oxygen atoms in total. The van der Waals surface area contributed by atoms with E-state index >= 15 is 0 Å². The van der Waals surface area contributed by atoms with E-state index in [1.165, 1.54) is 0 Å². The molecule has 0 fully saturated rings. The summed E-state index contributed by atoms with van der Waals surface area (Å²) in [5, 5.41) is 0. The molecule has 0 aromatic carbocycles. The topological polar surface area (TPSA) is 0 Å². The van der Waals surface area contributed by atoms with E-state index in [-0.39, 0.29) is 0 Å². The lowest BCUT2D eigenvalue weighted by Gasteiger charge is -1.97. The number of alkyl halides is 3. The standard InChI is InChI=1S/C3HF5.C3H4/c4-1-2(5)3(6,7)8;1-3-2/h1H;1-2H2. The van der Waals surface area contributed by atoms with Gasteiger partial charge in [0.1, 0.15) is 6.33 Å². The Morgan fingerprint density at radius 1 is 1.27 bits per heavy atom. The Labute approximate surface area is 60.3 Å². The molecule has 0 amide bonds. The van der Waals surface area contributed by atoms with Gasteiger partial charge in [-0.15, -0.1) is 5.73 Å². The van der Waals surface area contributed by atoms with Crippen LogP contribution in [0, 0.1) is 0 Å². The SMILES string of the molecule is C=C=C.FC=C(F)C(F)(F)F. The lowest BCUT2D eigenvalue weighted by molar-refractivity contribution is -0.109. The third kappa shape index (κ3) is 8.91. The van der Waals surface area contributed by atoms with Gasteiger partial charge in [-0.1, -0.05) is 13.2 Å². The zero-order chi connectivity index (χ0) is 9.49. The molecule has 0 spiro atoms. The van der Waals surface area contributed by atoms with Crippen LogP contribution in [0.15, 0.2) is 31.0 Å². The predicted octanol–water partition coefficient (Wildman–Crippen LogP) is 3.29. The van der Waals surface area contributed by atoms with Crippen LogP contribution in [-0.2, 0) is 0 Å². The second kappa shape index (κ2) is 5.68. The van der Waals surface area contributed by atoms with Crippen LogP contribution in [-0.4, -0.2) is 6.18 Å². The summed E-state index contributed by atoms with van der Waals surface area (Å²) in [7, 11) is 0. The van der Waals surface area contributed by atoms with Crippen molar-refractivity contribution in [1.29, 1.82) is 0 Å². The minimum atomic E-state index is -5.17. The molecular weight excluding hydrogens is 167 g/mol. The van der Waals surface area contributed by atoms with Crippen molar-refractivity contribution in [3.63, 3.8) is 0 Å². The van der Waals surface area contributed by atoms with Crippen LogP contribution in [0.25, 0.3) is 0 Å². The third-order valence-electron chi connectivity index (χ3n) is 0.367. The molecule has 0 N–H and O–H groups in total. The average molecular weight is 172 g/mol. The van der Waals surface area contributed by atoms with Gasteiger partial charge in [-0.25, -0.2) is 4.39 Å². The Balaban J connectivity index is 0. The molecule has 0 rings (SSSR count). The van der Waals surface area contributed by atoms with E-state index in [2.05, 4.69) is 18.9 Å². The molecule has 5 heteroatoms. The molecule has 11 heavy (non-hydrogen) atoms. The largest absolute Gasteiger partial charge is 0.445 e. The quantitative estimate of drug-likeness (QED) is 0.388. The van der Waals surface area contributed by atoms with Gasteiger partial charge < -0.3 is 0 Å². The minimum absolute atomic E-state index is 1.12. The summed E-state index contributed by atoms with van der Waals surface area (Å²) in [5.41, 5.74) is 2.25. The van der Waals surface area contributed by atoms with Crippen LogP contribution in [0.1, 0.15) is 0 Å². The van der Waals surface area contributed by atoms with E-state index in [4.69, 9.17) is 0 Å². The van der Waals surface area contributed by atoms with Crippen LogP contribution in [0.4, 0.5) is 22.0 Å². The van der Waals surface area contributed by atoms with Crippen LogP contribution < -0.4 is 0 Å². The van der Waals surface area contributed by atoms with E-state index < -0.39 is 18.3 Å². The number of allylic oxidation sites excluding steroid dienone is 1. The second-order valence-electron chi connectivity index (χ2n) is 1.20. The van der Waals surface area contributed by atoms with Crippen molar-refractivity contribution in [2.45, 2.75) is 6.18 Å². The zero-order valence-corrected chi connectivity index (χ0v) is 5.38. The van der Waals surface area contributed by atoms with Crippen LogP contribution in [0.2, 0.25) is 0 Å². The number of halogens is 5. The van der Waals surface area contributed by atoms with E-state index in [0.29, 0.717) is 0 Å². The van der Waals surface area contributed by atoms with E-state index in [1.807, 2.05) is 0 Å². The fraction of sp³-hybridized carbons (Fsp3) is 0.167. The van der Waals surface area contributed by atoms with Gasteiger partial charge in [0.2, 0.25) is 5.83 Å². The molecule has 0 aliphatic heterocycles. The van der Waals surface area contributed by atoms with E-state index in [0.717, 1.165) is 0 Å². The summed E-state index contributed by atoms with van der Waals surface area (Å²) in [6.07, 6.45) is -6.30. The van der Waals surface area contributed by atoms with Gasteiger partial charge in [0.05, 0.1) is 0 Å². The molecule has 0 aliphatic rings. The average Bonchev–Trinajstić information content (AvgIpc) is 1.86. The molecule has 64 valence electrons. The summed E-state index contributed by atoms with van der Waals surface area (Å²) in [4.78, 5) is 0. The van der Waals surface area contributed by atoms with E-state index in [9.17, 15) is 22.0 Å². The first-order valence-corrected chi connectivity index (χ1v) is 2.22. The molecule has 0 radical (unpaired) electrons. The van der Waals surface area contributed by atoms with Crippen molar-refractivity contribution >= 4 is 0 Å². The number of rotatable bonds is 0. The minimum Gasteiger partial charge on any atom is -0.212 e. The second-order valence-corrected chi connectivity index (χ2v) is 1.20. The Kier molecular flexibility index (Phi) is 6.49. The fourth-order valence-electron chi connectivity index (χ4n) is 0.0619. The monoisotopic (exact) mass is 172 g/mol. The highest BCUT2D eigenvalue weighted by atomic mass is 19.4. The smallest absolute Gasteiger partial charge is 0.212 e. The highest BCUT2D eigenvalue weighted by molar-refractivity contribution is 4.92. The van der Waals surface area contributed by atoms with Crippen molar-refractivity contribution < 1.29 is 22.0 Å². The molecule has 0 atom stereocenters. The summed E-state index contributed by atoms with van der Waals surface area (Å²) in [6, 6.07) is 0. The molecule has 0 saturated carbocycles. The Morgan fingerprint density at radius 2 is 1.55 bits per heavy atom. The van der Waals surface area contributed by atoms with Crippen molar-refractivity contribution in [2.24, 2.45) is 0 Å². The summed E-state index contributed by atoms with van der Waals surface area (Å²) >= 11 is 0. The normalized spacial score (nSPS) is 11.2. The van der Waals surface area contributed by atoms with Gasteiger partial charge in [-0.2, -0.15) is 17.6 Å². The molecule has 0 unspecified atom stereocenters. The zero-order valence-electron chi connectivity index (χ0n) is 5.38. The van der Waals surface area contributed by atoms with Crippen molar-refractivity contribution in [1.82, 2.24) is 0 Å². The lowest BCUT2D eigenvalue weighted by Crippen LogP contribution is -2.06. The molecular formula is C6H5F5. The van der Waals surface area contributed by atoms with Gasteiger partial charge in [0.15, 0.2) is 0 Å². The molecule has 0 aliphatic carbocycles. The Hall–Kier alpha value is -1.09. The van der Waals surface area contributed by atoms with Crippen molar-refractivity contribution in [3.8, 4) is 0 Å². The molecule has 0 aromatic rings. The summed E-state index contributed by atoms with van der Waals surface area (Å²) in [6.45, 7) is 6.25. The van der Waals surface area contributed by atoms with Crippen molar-refractivity contribution in [2.75, 3.05) is 0 Å². The maximum absolute atomic E-state index is 11.0. The van der Waals surface area contributed by atoms with Crippen molar-refractivity contribution in [3.05, 3.63) is 31.0 Å². The van der Waals surface area contributed by atoms with Crippen LogP contribution >= 0.6 is 0 Å². The lowest BCUT2D eigenvalue weighted by atomic mass is 10.6. The van der Waals surface area contributed by atoms with Crippen LogP contribution in [0.3, 0.4) is 0 Å². The first-order chi connectivity index (χ1) is 4.90. The first-order valence-electron chi connectivity index (χ1n) is 2.22. The Bertz CT molecular complexity index is 158. The number of hydrogen-bond donors (Lipinski definition) is 0. The highest BCUT2D eigenvalue weighted by Crippen LogP contribution is 2.25. The predicted molar refractivity (Wildman–Crippen MR) is 31.1 cm³/mol. The number of hydrogen-bond acceptors (Lipinski definition) is 0. The van der Waals surface area contributed by atoms with E-state index in [1.54, 1.807) is 0 Å². The maximum Gasteiger partial charge on any atom is 0.445 e. The van der Waals surface area contributed by atoms with Gasteiger partial charge in [0, 0.05) is 0 Å². The summed E-state index contributed by atoms with van der Waals surface area (Å²) in [5.74, 6) is -2.71. The molecule has 0 saturated heterocycles. The molecule has 0 heterocycles. The third-order valence-corrected chi connectivity index (χ3v) is 0.367.